The van der Waals surface area contributed by atoms with Crippen LogP contribution in [0.4, 0.5) is 0 Å². The lowest BCUT2D eigenvalue weighted by Crippen LogP contribution is -2.34. The van der Waals surface area contributed by atoms with Gasteiger partial charge in [0.05, 0.1) is 6.54 Å². The molecule has 4 nitrogen and oxygen atoms in total. The summed E-state index contributed by atoms with van der Waals surface area (Å²) in [6.45, 7) is 1.81. The lowest BCUT2D eigenvalue weighted by molar-refractivity contribution is -0.137. The Morgan fingerprint density at radius 2 is 2.18 bits per heavy atom. The molecule has 1 aliphatic rings. The molecule has 1 aliphatic heterocycles. The number of carbonyl (C=O) groups is 2. The van der Waals surface area contributed by atoms with E-state index in [-0.39, 0.29) is 5.91 Å². The molecule has 0 spiro atoms. The van der Waals surface area contributed by atoms with Crippen LogP contribution in [0, 0.1) is 0 Å². The number of carbonyl (C=O) groups excluding carboxylic acids is 2. The van der Waals surface area contributed by atoms with Crippen LogP contribution in [0.2, 0.25) is 0 Å². The molecule has 62 valence electrons. The second-order valence-electron chi connectivity index (χ2n) is 2.78. The number of amides is 2. The highest BCUT2D eigenvalue weighted by atomic mass is 16.2. The van der Waals surface area contributed by atoms with Crippen LogP contribution in [-0.4, -0.2) is 48.8 Å². The van der Waals surface area contributed by atoms with Gasteiger partial charge in [-0.1, -0.05) is 0 Å². The first-order chi connectivity index (χ1) is 5.24. The molecule has 0 saturated carbocycles. The quantitative estimate of drug-likeness (QED) is 0.472. The van der Waals surface area contributed by atoms with Gasteiger partial charge in [-0.3, -0.25) is 19.4 Å². The van der Waals surface area contributed by atoms with Crippen LogP contribution in [0.3, 0.4) is 0 Å². The molecule has 1 heterocycles. The summed E-state index contributed by atoms with van der Waals surface area (Å²) in [4.78, 5) is 24.6. The number of hydrogen-bond donors (Lipinski definition) is 0. The van der Waals surface area contributed by atoms with E-state index in [0.29, 0.717) is 19.5 Å². The van der Waals surface area contributed by atoms with Crippen molar-refractivity contribution in [2.45, 2.75) is 6.42 Å². The fraction of sp³-hybridized carbons (Fsp3) is 0.714. The average molecular weight is 156 g/mol. The molecule has 0 bridgehead atoms. The minimum atomic E-state index is -0.0972. The van der Waals surface area contributed by atoms with E-state index >= 15 is 0 Å². The molecular formula is C7H12N2O2. The molecule has 2 amide bonds. The van der Waals surface area contributed by atoms with Crippen molar-refractivity contribution in [3.8, 4) is 0 Å². The lowest BCUT2D eigenvalue weighted by Gasteiger charge is -2.12. The third-order valence-electron chi connectivity index (χ3n) is 1.79. The largest absolute Gasteiger partial charge is 0.298 e. The molecule has 1 fully saturated rings. The Morgan fingerprint density at radius 1 is 1.45 bits per heavy atom. The Balaban J connectivity index is 2.57. The summed E-state index contributed by atoms with van der Waals surface area (Å²) in [5, 5.41) is 0. The first-order valence-electron chi connectivity index (χ1n) is 3.67. The summed E-state index contributed by atoms with van der Waals surface area (Å²) in [6, 6.07) is 0. The number of nitrogens with zero attached hydrogens (tertiary/aromatic N) is 2. The van der Waals surface area contributed by atoms with E-state index in [1.165, 1.54) is 4.90 Å². The van der Waals surface area contributed by atoms with Crippen LogP contribution in [0.5, 0.6) is 0 Å². The molecule has 0 aromatic heterocycles. The first kappa shape index (κ1) is 8.20. The van der Waals surface area contributed by atoms with Gasteiger partial charge < -0.3 is 0 Å². The van der Waals surface area contributed by atoms with Gasteiger partial charge in [0.1, 0.15) is 0 Å². The molecule has 0 atom stereocenters. The Morgan fingerprint density at radius 3 is 2.82 bits per heavy atom. The normalized spacial score (nSPS) is 21.5. The van der Waals surface area contributed by atoms with E-state index in [2.05, 4.69) is 0 Å². The zero-order valence-corrected chi connectivity index (χ0v) is 6.62. The molecule has 0 N–H and O–H groups in total. The van der Waals surface area contributed by atoms with Crippen molar-refractivity contribution in [2.75, 3.05) is 26.7 Å². The number of rotatable bonds is 1. The number of imide groups is 1. The van der Waals surface area contributed by atoms with Gasteiger partial charge in [0.15, 0.2) is 0 Å². The van der Waals surface area contributed by atoms with Gasteiger partial charge in [-0.25, -0.2) is 0 Å². The summed E-state index contributed by atoms with van der Waals surface area (Å²) in [6.07, 6.45) is 1.49. The van der Waals surface area contributed by atoms with Crippen LogP contribution in [-0.2, 0) is 9.59 Å². The van der Waals surface area contributed by atoms with E-state index in [9.17, 15) is 9.59 Å². The van der Waals surface area contributed by atoms with Gasteiger partial charge in [-0.2, -0.15) is 0 Å². The molecule has 0 aliphatic carbocycles. The highest BCUT2D eigenvalue weighted by Crippen LogP contribution is 1.99. The molecule has 4 heteroatoms. The summed E-state index contributed by atoms with van der Waals surface area (Å²) in [5.74, 6) is -0.0972. The van der Waals surface area contributed by atoms with Crippen molar-refractivity contribution in [2.24, 2.45) is 0 Å². The summed E-state index contributed by atoms with van der Waals surface area (Å²) in [5.41, 5.74) is 0. The van der Waals surface area contributed by atoms with Crippen LogP contribution < -0.4 is 0 Å². The first-order valence-corrected chi connectivity index (χ1v) is 3.67. The lowest BCUT2D eigenvalue weighted by atomic mass is 10.4. The molecule has 1 saturated heterocycles. The molecule has 0 radical (unpaired) electrons. The average Bonchev–Trinajstić information content (AvgIpc) is 2.11. The smallest absolute Gasteiger partial charge is 0.243 e. The fourth-order valence-electron chi connectivity index (χ4n) is 1.15. The Labute approximate surface area is 65.8 Å². The van der Waals surface area contributed by atoms with Crippen LogP contribution >= 0.6 is 0 Å². The molecule has 0 unspecified atom stereocenters. The zero-order chi connectivity index (χ0) is 8.27. The standard InChI is InChI=1S/C7H12N2O2/c1-8-3-2-4-9(6-10)7(11)5-8/h6H,2-5H2,1H3. The highest BCUT2D eigenvalue weighted by molar-refractivity contribution is 5.87. The van der Waals surface area contributed by atoms with E-state index in [0.717, 1.165) is 13.0 Å². The van der Waals surface area contributed by atoms with Crippen LogP contribution in [0.1, 0.15) is 6.42 Å². The number of likely N-dealkylation sites (N-methyl/N-ethyl adjacent to an activating group) is 1. The van der Waals surface area contributed by atoms with Gasteiger partial charge in [-0.05, 0) is 13.5 Å². The summed E-state index contributed by atoms with van der Waals surface area (Å²) in [7, 11) is 1.88. The van der Waals surface area contributed by atoms with Crippen molar-refractivity contribution in [1.82, 2.24) is 9.80 Å². The Kier molecular flexibility index (Phi) is 2.59. The van der Waals surface area contributed by atoms with Crippen molar-refractivity contribution >= 4 is 12.3 Å². The third-order valence-corrected chi connectivity index (χ3v) is 1.79. The third kappa shape index (κ3) is 2.01. The van der Waals surface area contributed by atoms with Gasteiger partial charge in [0.2, 0.25) is 12.3 Å². The van der Waals surface area contributed by atoms with E-state index in [1.807, 2.05) is 11.9 Å². The van der Waals surface area contributed by atoms with E-state index in [1.54, 1.807) is 0 Å². The topological polar surface area (TPSA) is 40.6 Å². The van der Waals surface area contributed by atoms with E-state index < -0.39 is 0 Å². The number of hydrogen-bond acceptors (Lipinski definition) is 3. The zero-order valence-electron chi connectivity index (χ0n) is 6.62. The highest BCUT2D eigenvalue weighted by Gasteiger charge is 2.17. The van der Waals surface area contributed by atoms with Crippen LogP contribution in [0.25, 0.3) is 0 Å². The maximum Gasteiger partial charge on any atom is 0.243 e. The van der Waals surface area contributed by atoms with Gasteiger partial charge in [-0.15, -0.1) is 0 Å². The second-order valence-corrected chi connectivity index (χ2v) is 2.78. The molecule has 11 heavy (non-hydrogen) atoms. The molecule has 0 aromatic carbocycles. The predicted octanol–water partition coefficient (Wildman–Crippen LogP) is -0.693. The van der Waals surface area contributed by atoms with Crippen LogP contribution in [0.15, 0.2) is 0 Å². The fourth-order valence-corrected chi connectivity index (χ4v) is 1.15. The van der Waals surface area contributed by atoms with Gasteiger partial charge in [0.25, 0.3) is 0 Å². The minimum absolute atomic E-state index is 0.0972. The molecule has 1 rings (SSSR count). The van der Waals surface area contributed by atoms with E-state index in [4.69, 9.17) is 0 Å². The van der Waals surface area contributed by atoms with Crippen molar-refractivity contribution in [3.63, 3.8) is 0 Å². The maximum absolute atomic E-state index is 11.1. The molecule has 0 aromatic rings. The van der Waals surface area contributed by atoms with Crippen molar-refractivity contribution in [1.29, 1.82) is 0 Å². The summed E-state index contributed by atoms with van der Waals surface area (Å²) >= 11 is 0. The van der Waals surface area contributed by atoms with Crippen molar-refractivity contribution < 1.29 is 9.59 Å². The summed E-state index contributed by atoms with van der Waals surface area (Å²) < 4.78 is 0. The second kappa shape index (κ2) is 3.48. The SMILES string of the molecule is CN1CCCN(C=O)C(=O)C1. The van der Waals surface area contributed by atoms with Gasteiger partial charge >= 0.3 is 0 Å². The monoisotopic (exact) mass is 156 g/mol. The maximum atomic E-state index is 11.1. The van der Waals surface area contributed by atoms with Crippen molar-refractivity contribution in [3.05, 3.63) is 0 Å². The Bertz CT molecular complexity index is 170. The minimum Gasteiger partial charge on any atom is -0.298 e. The van der Waals surface area contributed by atoms with Gasteiger partial charge in [0, 0.05) is 13.1 Å². The Hall–Kier alpha value is -0.900. The predicted molar refractivity (Wildman–Crippen MR) is 39.9 cm³/mol. The molecular weight excluding hydrogens is 144 g/mol.